The van der Waals surface area contributed by atoms with Gasteiger partial charge in [0, 0.05) is 31.3 Å². The van der Waals surface area contributed by atoms with Crippen molar-refractivity contribution in [2.45, 2.75) is 13.0 Å². The zero-order valence-corrected chi connectivity index (χ0v) is 11.2. The topological polar surface area (TPSA) is 39.7 Å². The van der Waals surface area contributed by atoms with Gasteiger partial charge in [0.25, 0.3) is 0 Å². The molecular weight excluding hydrogens is 230 g/mol. The maximum absolute atomic E-state index is 5.79. The Kier molecular flexibility index (Phi) is 6.08. The third-order valence-electron chi connectivity index (χ3n) is 2.38. The molecule has 1 aromatic rings. The first-order valence-electron chi connectivity index (χ1n) is 5.91. The van der Waals surface area contributed by atoms with Crippen LogP contribution in [0.5, 0.6) is 17.2 Å². The van der Waals surface area contributed by atoms with Gasteiger partial charge in [0.1, 0.15) is 23.4 Å². The Morgan fingerprint density at radius 3 is 2.22 bits per heavy atom. The van der Waals surface area contributed by atoms with Crippen LogP contribution in [-0.2, 0) is 0 Å². The molecule has 4 heteroatoms. The van der Waals surface area contributed by atoms with E-state index in [0.717, 1.165) is 30.3 Å². The molecule has 0 aliphatic heterocycles. The van der Waals surface area contributed by atoms with Crippen molar-refractivity contribution in [1.29, 1.82) is 0 Å². The highest BCUT2D eigenvalue weighted by Gasteiger charge is 2.07. The van der Waals surface area contributed by atoms with Crippen molar-refractivity contribution in [1.82, 2.24) is 5.32 Å². The summed E-state index contributed by atoms with van der Waals surface area (Å²) in [7, 11) is 3.24. The summed E-state index contributed by atoms with van der Waals surface area (Å²) in [4.78, 5) is 0. The van der Waals surface area contributed by atoms with Crippen LogP contribution in [0.4, 0.5) is 0 Å². The molecule has 0 spiro atoms. The Bertz CT molecular complexity index is 357. The highest BCUT2D eigenvalue weighted by molar-refractivity contribution is 5.42. The summed E-state index contributed by atoms with van der Waals surface area (Å²) in [6.07, 6.45) is 1.88. The van der Waals surface area contributed by atoms with Crippen LogP contribution in [0.1, 0.15) is 6.92 Å². The monoisotopic (exact) mass is 251 g/mol. The molecule has 0 saturated heterocycles. The quantitative estimate of drug-likeness (QED) is 0.568. The van der Waals surface area contributed by atoms with Crippen LogP contribution in [0.25, 0.3) is 0 Å². The van der Waals surface area contributed by atoms with Gasteiger partial charge < -0.3 is 19.5 Å². The molecule has 1 atom stereocenters. The summed E-state index contributed by atoms with van der Waals surface area (Å²) in [5.41, 5.74) is 0. The van der Waals surface area contributed by atoms with Gasteiger partial charge >= 0.3 is 0 Å². The lowest BCUT2D eigenvalue weighted by Crippen LogP contribution is -2.28. The number of hydrogen-bond acceptors (Lipinski definition) is 4. The van der Waals surface area contributed by atoms with Crippen LogP contribution in [0.3, 0.4) is 0 Å². The number of hydrogen-bond donors (Lipinski definition) is 1. The van der Waals surface area contributed by atoms with Gasteiger partial charge in [0.15, 0.2) is 0 Å². The molecule has 1 aromatic carbocycles. The Hall–Kier alpha value is -1.68. The summed E-state index contributed by atoms with van der Waals surface area (Å²) in [6.45, 7) is 7.18. The van der Waals surface area contributed by atoms with E-state index in [-0.39, 0.29) is 6.10 Å². The summed E-state index contributed by atoms with van der Waals surface area (Å²) < 4.78 is 16.2. The minimum Gasteiger partial charge on any atom is -0.496 e. The largest absolute Gasteiger partial charge is 0.496 e. The molecular formula is C14H21NO3. The van der Waals surface area contributed by atoms with Crippen molar-refractivity contribution in [2.24, 2.45) is 0 Å². The van der Waals surface area contributed by atoms with Crippen molar-refractivity contribution in [3.05, 3.63) is 30.9 Å². The SMILES string of the molecule is C=CCNCC(C)Oc1cc(OC)cc(OC)c1. The van der Waals surface area contributed by atoms with Gasteiger partial charge in [-0.3, -0.25) is 0 Å². The number of benzene rings is 1. The Morgan fingerprint density at radius 2 is 1.72 bits per heavy atom. The first-order valence-corrected chi connectivity index (χ1v) is 5.91. The van der Waals surface area contributed by atoms with Crippen molar-refractivity contribution in [2.75, 3.05) is 27.3 Å². The molecule has 0 aliphatic rings. The standard InChI is InChI=1S/C14H21NO3/c1-5-6-15-10-11(2)18-14-8-12(16-3)7-13(9-14)17-4/h5,7-9,11,15H,1,6,10H2,2-4H3. The molecule has 0 aliphatic carbocycles. The molecule has 1 unspecified atom stereocenters. The molecule has 4 nitrogen and oxygen atoms in total. The molecule has 0 saturated carbocycles. The number of nitrogens with one attached hydrogen (secondary N) is 1. The van der Waals surface area contributed by atoms with E-state index in [2.05, 4.69) is 11.9 Å². The summed E-state index contributed by atoms with van der Waals surface area (Å²) in [5, 5.41) is 3.21. The van der Waals surface area contributed by atoms with Crippen molar-refractivity contribution >= 4 is 0 Å². The van der Waals surface area contributed by atoms with E-state index in [1.807, 2.05) is 31.2 Å². The fourth-order valence-corrected chi connectivity index (χ4v) is 1.51. The predicted octanol–water partition coefficient (Wildman–Crippen LogP) is 2.25. The molecule has 1 rings (SSSR count). The third kappa shape index (κ3) is 4.67. The van der Waals surface area contributed by atoms with E-state index in [0.29, 0.717) is 0 Å². The van der Waals surface area contributed by atoms with Gasteiger partial charge in [-0.2, -0.15) is 0 Å². The lowest BCUT2D eigenvalue weighted by atomic mass is 10.3. The summed E-state index contributed by atoms with van der Waals surface area (Å²) in [5.74, 6) is 2.17. The van der Waals surface area contributed by atoms with Gasteiger partial charge in [0.05, 0.1) is 14.2 Å². The Morgan fingerprint density at radius 1 is 1.17 bits per heavy atom. The third-order valence-corrected chi connectivity index (χ3v) is 2.38. The molecule has 18 heavy (non-hydrogen) atoms. The van der Waals surface area contributed by atoms with Crippen LogP contribution < -0.4 is 19.5 Å². The van der Waals surface area contributed by atoms with Gasteiger partial charge in [-0.1, -0.05) is 6.08 Å². The summed E-state index contributed by atoms with van der Waals surface area (Å²) in [6, 6.07) is 5.49. The first-order chi connectivity index (χ1) is 8.69. The molecule has 100 valence electrons. The van der Waals surface area contributed by atoms with E-state index in [4.69, 9.17) is 14.2 Å². The fraction of sp³-hybridized carbons (Fsp3) is 0.429. The molecule has 0 heterocycles. The first kappa shape index (κ1) is 14.4. The van der Waals surface area contributed by atoms with Gasteiger partial charge in [-0.05, 0) is 6.92 Å². The fourth-order valence-electron chi connectivity index (χ4n) is 1.51. The van der Waals surface area contributed by atoms with Crippen molar-refractivity contribution < 1.29 is 14.2 Å². The van der Waals surface area contributed by atoms with Gasteiger partial charge in [-0.25, -0.2) is 0 Å². The van der Waals surface area contributed by atoms with Crippen molar-refractivity contribution in [3.8, 4) is 17.2 Å². The maximum Gasteiger partial charge on any atom is 0.127 e. The minimum absolute atomic E-state index is 0.0572. The number of methoxy groups -OCH3 is 2. The average molecular weight is 251 g/mol. The van der Waals surface area contributed by atoms with Crippen LogP contribution in [0.15, 0.2) is 30.9 Å². The van der Waals surface area contributed by atoms with E-state index >= 15 is 0 Å². The normalized spacial score (nSPS) is 11.7. The Labute approximate surface area is 109 Å². The molecule has 0 bridgehead atoms. The van der Waals surface area contributed by atoms with E-state index in [1.54, 1.807) is 14.2 Å². The molecule has 1 N–H and O–H groups in total. The van der Waals surface area contributed by atoms with E-state index in [9.17, 15) is 0 Å². The van der Waals surface area contributed by atoms with Crippen molar-refractivity contribution in [3.63, 3.8) is 0 Å². The molecule has 0 amide bonds. The highest BCUT2D eigenvalue weighted by Crippen LogP contribution is 2.27. The maximum atomic E-state index is 5.79. The zero-order valence-electron chi connectivity index (χ0n) is 11.2. The zero-order chi connectivity index (χ0) is 13.4. The lowest BCUT2D eigenvalue weighted by Gasteiger charge is -2.16. The second kappa shape index (κ2) is 7.61. The van der Waals surface area contributed by atoms with Crippen LogP contribution in [0.2, 0.25) is 0 Å². The average Bonchev–Trinajstić information content (AvgIpc) is 2.38. The minimum atomic E-state index is 0.0572. The second-order valence-electron chi connectivity index (χ2n) is 3.92. The second-order valence-corrected chi connectivity index (χ2v) is 3.92. The molecule has 0 aromatic heterocycles. The van der Waals surface area contributed by atoms with Gasteiger partial charge in [0.2, 0.25) is 0 Å². The summed E-state index contributed by atoms with van der Waals surface area (Å²) >= 11 is 0. The molecule has 0 fully saturated rings. The number of rotatable bonds is 8. The van der Waals surface area contributed by atoms with Crippen LogP contribution >= 0.6 is 0 Å². The van der Waals surface area contributed by atoms with E-state index in [1.165, 1.54) is 0 Å². The molecule has 0 radical (unpaired) electrons. The Balaban J connectivity index is 2.62. The van der Waals surface area contributed by atoms with Gasteiger partial charge in [-0.15, -0.1) is 6.58 Å². The van der Waals surface area contributed by atoms with E-state index < -0.39 is 0 Å². The smallest absolute Gasteiger partial charge is 0.127 e. The number of ether oxygens (including phenoxy) is 3. The predicted molar refractivity (Wildman–Crippen MR) is 72.7 cm³/mol. The van der Waals surface area contributed by atoms with Crippen LogP contribution in [-0.4, -0.2) is 33.4 Å². The van der Waals surface area contributed by atoms with Crippen LogP contribution in [0, 0.1) is 0 Å². The lowest BCUT2D eigenvalue weighted by molar-refractivity contribution is 0.217. The highest BCUT2D eigenvalue weighted by atomic mass is 16.5.